The van der Waals surface area contributed by atoms with Crippen LogP contribution in [-0.4, -0.2) is 10.2 Å². The highest BCUT2D eigenvalue weighted by Gasteiger charge is 2.10. The van der Waals surface area contributed by atoms with Gasteiger partial charge in [-0.3, -0.25) is 0 Å². The van der Waals surface area contributed by atoms with Gasteiger partial charge >= 0.3 is 0 Å². The number of halogens is 1. The summed E-state index contributed by atoms with van der Waals surface area (Å²) in [7, 11) is 0. The van der Waals surface area contributed by atoms with Crippen molar-refractivity contribution in [2.24, 2.45) is 11.7 Å². The molecule has 4 heteroatoms. The van der Waals surface area contributed by atoms with E-state index in [0.29, 0.717) is 5.92 Å². The topological polar surface area (TPSA) is 66.5 Å². The quantitative estimate of drug-likeness (QED) is 0.701. The fraction of sp³-hybridized carbons (Fsp3) is 0.455. The third-order valence-electron chi connectivity index (χ3n) is 2.15. The first kappa shape index (κ1) is 14.1. The smallest absolute Gasteiger partial charge is 0.157 e. The van der Waals surface area contributed by atoms with Crippen molar-refractivity contribution in [2.75, 3.05) is 0 Å². The zero-order valence-corrected chi connectivity index (χ0v) is 9.79. The number of rotatable bonds is 3. The molecule has 1 aromatic carbocycles. The summed E-state index contributed by atoms with van der Waals surface area (Å²) in [6.07, 6.45) is 0.865. The molecule has 0 aliphatic carbocycles. The van der Waals surface area contributed by atoms with Crippen LogP contribution in [0.4, 0.5) is 0 Å². The lowest BCUT2D eigenvalue weighted by molar-refractivity contribution is 0.401. The standard InChI is InChI=1S/C11H17NO2.ClH/c1-7(2)5-9(12)8-3-4-10(13)11(14)6-8;/h3-4,6-7,9,13-14H,5,12H2,1-2H3;1H/t9-;/m1./s1. The van der Waals surface area contributed by atoms with Gasteiger partial charge < -0.3 is 15.9 Å². The first-order valence-corrected chi connectivity index (χ1v) is 4.78. The molecule has 0 bridgehead atoms. The molecule has 3 nitrogen and oxygen atoms in total. The van der Waals surface area contributed by atoms with Crippen molar-refractivity contribution in [2.45, 2.75) is 26.3 Å². The summed E-state index contributed by atoms with van der Waals surface area (Å²) >= 11 is 0. The Labute approximate surface area is 96.3 Å². The molecule has 0 fully saturated rings. The van der Waals surface area contributed by atoms with Gasteiger partial charge in [0.25, 0.3) is 0 Å². The Balaban J connectivity index is 0.00000196. The minimum atomic E-state index is -0.110. The Hall–Kier alpha value is -0.930. The van der Waals surface area contributed by atoms with Gasteiger partial charge in [-0.2, -0.15) is 0 Å². The van der Waals surface area contributed by atoms with Crippen LogP contribution in [0.2, 0.25) is 0 Å². The van der Waals surface area contributed by atoms with Gasteiger partial charge in [0.05, 0.1) is 0 Å². The number of hydrogen-bond donors (Lipinski definition) is 3. The van der Waals surface area contributed by atoms with Crippen molar-refractivity contribution in [3.63, 3.8) is 0 Å². The largest absolute Gasteiger partial charge is 0.504 e. The van der Waals surface area contributed by atoms with Crippen LogP contribution in [0.3, 0.4) is 0 Å². The minimum absolute atomic E-state index is 0. The molecule has 0 unspecified atom stereocenters. The highest BCUT2D eigenvalue weighted by molar-refractivity contribution is 5.85. The molecule has 1 rings (SSSR count). The third-order valence-corrected chi connectivity index (χ3v) is 2.15. The maximum atomic E-state index is 9.28. The molecule has 0 spiro atoms. The summed E-state index contributed by atoms with van der Waals surface area (Å²) in [5, 5.41) is 18.4. The Bertz CT molecular complexity index is 315. The van der Waals surface area contributed by atoms with E-state index in [1.165, 1.54) is 12.1 Å². The van der Waals surface area contributed by atoms with Crippen LogP contribution in [0.25, 0.3) is 0 Å². The second kappa shape index (κ2) is 5.83. The SMILES string of the molecule is CC(C)C[C@@H](N)c1ccc(O)c(O)c1.Cl. The van der Waals surface area contributed by atoms with Crippen LogP contribution in [0.1, 0.15) is 31.9 Å². The van der Waals surface area contributed by atoms with Gasteiger partial charge in [0.15, 0.2) is 11.5 Å². The van der Waals surface area contributed by atoms with E-state index < -0.39 is 0 Å². The lowest BCUT2D eigenvalue weighted by Crippen LogP contribution is -2.12. The molecule has 0 heterocycles. The average molecular weight is 232 g/mol. The monoisotopic (exact) mass is 231 g/mol. The van der Waals surface area contributed by atoms with Crippen molar-refractivity contribution in [3.05, 3.63) is 23.8 Å². The van der Waals surface area contributed by atoms with Gasteiger partial charge in [0, 0.05) is 6.04 Å². The lowest BCUT2D eigenvalue weighted by atomic mass is 9.98. The zero-order valence-electron chi connectivity index (χ0n) is 8.97. The van der Waals surface area contributed by atoms with E-state index >= 15 is 0 Å². The number of hydrogen-bond acceptors (Lipinski definition) is 3. The summed E-state index contributed by atoms with van der Waals surface area (Å²) in [5.74, 6) is 0.299. The van der Waals surface area contributed by atoms with Gasteiger partial charge in [0.2, 0.25) is 0 Å². The summed E-state index contributed by atoms with van der Waals surface area (Å²) < 4.78 is 0. The molecule has 0 aliphatic rings. The summed E-state index contributed by atoms with van der Waals surface area (Å²) in [6, 6.07) is 4.64. The molecule has 1 atom stereocenters. The van der Waals surface area contributed by atoms with Crippen LogP contribution < -0.4 is 5.73 Å². The first-order valence-electron chi connectivity index (χ1n) is 4.78. The Morgan fingerprint density at radius 3 is 2.27 bits per heavy atom. The molecular weight excluding hydrogens is 214 g/mol. The number of benzene rings is 1. The number of aromatic hydroxyl groups is 2. The summed E-state index contributed by atoms with van der Waals surface area (Å²) in [5.41, 5.74) is 6.78. The second-order valence-corrected chi connectivity index (χ2v) is 3.98. The molecular formula is C11H18ClNO2. The van der Waals surface area contributed by atoms with Crippen LogP contribution >= 0.6 is 12.4 Å². The average Bonchev–Trinajstić information content (AvgIpc) is 2.08. The van der Waals surface area contributed by atoms with E-state index in [0.717, 1.165) is 12.0 Å². The van der Waals surface area contributed by atoms with Crippen molar-refractivity contribution >= 4 is 12.4 Å². The van der Waals surface area contributed by atoms with Crippen molar-refractivity contribution in [3.8, 4) is 11.5 Å². The van der Waals surface area contributed by atoms with E-state index in [4.69, 9.17) is 10.8 Å². The van der Waals surface area contributed by atoms with E-state index in [1.807, 2.05) is 0 Å². The van der Waals surface area contributed by atoms with Crippen molar-refractivity contribution < 1.29 is 10.2 Å². The molecule has 0 amide bonds. The van der Waals surface area contributed by atoms with Crippen molar-refractivity contribution in [1.29, 1.82) is 0 Å². The Morgan fingerprint density at radius 1 is 1.20 bits per heavy atom. The summed E-state index contributed by atoms with van der Waals surface area (Å²) in [6.45, 7) is 4.19. The summed E-state index contributed by atoms with van der Waals surface area (Å²) in [4.78, 5) is 0. The Morgan fingerprint density at radius 2 is 1.80 bits per heavy atom. The van der Waals surface area contributed by atoms with Crippen LogP contribution in [0.5, 0.6) is 11.5 Å². The Kier molecular flexibility index (Phi) is 5.47. The number of phenols is 2. The van der Waals surface area contributed by atoms with E-state index in [1.54, 1.807) is 6.07 Å². The third kappa shape index (κ3) is 3.98. The van der Waals surface area contributed by atoms with Gasteiger partial charge in [0.1, 0.15) is 0 Å². The lowest BCUT2D eigenvalue weighted by Gasteiger charge is -2.14. The first-order chi connectivity index (χ1) is 6.50. The molecule has 0 aliphatic heterocycles. The molecule has 0 aromatic heterocycles. The molecule has 0 saturated carbocycles. The minimum Gasteiger partial charge on any atom is -0.504 e. The van der Waals surface area contributed by atoms with Crippen LogP contribution in [0.15, 0.2) is 18.2 Å². The highest BCUT2D eigenvalue weighted by atomic mass is 35.5. The number of nitrogens with two attached hydrogens (primary N) is 1. The van der Waals surface area contributed by atoms with Crippen LogP contribution in [-0.2, 0) is 0 Å². The molecule has 4 N–H and O–H groups in total. The normalized spacial score (nSPS) is 12.3. The van der Waals surface area contributed by atoms with Gasteiger partial charge in [-0.1, -0.05) is 19.9 Å². The fourth-order valence-corrected chi connectivity index (χ4v) is 1.42. The molecule has 0 saturated heterocycles. The number of phenolic OH excluding ortho intramolecular Hbond substituents is 2. The van der Waals surface area contributed by atoms with Crippen molar-refractivity contribution in [1.82, 2.24) is 0 Å². The highest BCUT2D eigenvalue weighted by Crippen LogP contribution is 2.28. The molecule has 0 radical (unpaired) electrons. The maximum Gasteiger partial charge on any atom is 0.157 e. The predicted molar refractivity (Wildman–Crippen MR) is 63.4 cm³/mol. The molecule has 1 aromatic rings. The van der Waals surface area contributed by atoms with Gasteiger partial charge in [-0.25, -0.2) is 0 Å². The molecule has 15 heavy (non-hydrogen) atoms. The van der Waals surface area contributed by atoms with Crippen LogP contribution in [0, 0.1) is 5.92 Å². The molecule has 86 valence electrons. The second-order valence-electron chi connectivity index (χ2n) is 3.98. The van der Waals surface area contributed by atoms with Gasteiger partial charge in [-0.05, 0) is 30.0 Å². The van der Waals surface area contributed by atoms with E-state index in [9.17, 15) is 5.11 Å². The van der Waals surface area contributed by atoms with E-state index in [2.05, 4.69) is 13.8 Å². The fourth-order valence-electron chi connectivity index (χ4n) is 1.42. The zero-order chi connectivity index (χ0) is 10.7. The van der Waals surface area contributed by atoms with E-state index in [-0.39, 0.29) is 29.9 Å². The van der Waals surface area contributed by atoms with Gasteiger partial charge in [-0.15, -0.1) is 12.4 Å². The maximum absolute atomic E-state index is 9.28. The predicted octanol–water partition coefficient (Wildman–Crippen LogP) is 2.57.